The summed E-state index contributed by atoms with van der Waals surface area (Å²) in [5.41, 5.74) is 0.798. The number of hydrogen-bond donors (Lipinski definition) is 1. The lowest BCUT2D eigenvalue weighted by Crippen LogP contribution is -2.50. The first-order chi connectivity index (χ1) is 11.6. The van der Waals surface area contributed by atoms with Gasteiger partial charge in [0.2, 0.25) is 21.8 Å². The minimum absolute atomic E-state index is 0.176. The van der Waals surface area contributed by atoms with Crippen LogP contribution in [0.1, 0.15) is 12.5 Å². The van der Waals surface area contributed by atoms with Crippen LogP contribution in [-0.2, 0) is 26.2 Å². The van der Waals surface area contributed by atoms with Crippen LogP contribution in [0.4, 0.5) is 0 Å². The molecule has 1 aromatic rings. The average molecular weight is 371 g/mol. The fraction of sp³-hybridized carbons (Fsp3) is 0.500. The second kappa shape index (κ2) is 8.82. The zero-order chi connectivity index (χ0) is 19.2. The van der Waals surface area contributed by atoms with Gasteiger partial charge in [0.25, 0.3) is 0 Å². The van der Waals surface area contributed by atoms with Crippen LogP contribution in [0, 0.1) is 0 Å². The van der Waals surface area contributed by atoms with Crippen LogP contribution in [0.2, 0.25) is 0 Å². The highest BCUT2D eigenvalue weighted by atomic mass is 32.2. The van der Waals surface area contributed by atoms with E-state index in [-0.39, 0.29) is 19.0 Å². The fourth-order valence-corrected chi connectivity index (χ4v) is 2.46. The van der Waals surface area contributed by atoms with Gasteiger partial charge in [0.15, 0.2) is 0 Å². The van der Waals surface area contributed by atoms with E-state index in [9.17, 15) is 18.0 Å². The van der Waals surface area contributed by atoms with Gasteiger partial charge in [0.1, 0.15) is 11.8 Å². The molecule has 8 nitrogen and oxygen atoms in total. The predicted octanol–water partition coefficient (Wildman–Crippen LogP) is 0.0497. The second-order valence-electron chi connectivity index (χ2n) is 5.68. The number of nitrogens with one attached hydrogen (secondary N) is 1. The molecule has 0 saturated carbocycles. The van der Waals surface area contributed by atoms with E-state index in [2.05, 4.69) is 5.32 Å². The highest BCUT2D eigenvalue weighted by Crippen LogP contribution is 2.15. The summed E-state index contributed by atoms with van der Waals surface area (Å²) in [5.74, 6) is -0.110. The molecule has 0 aromatic heterocycles. The Morgan fingerprint density at radius 3 is 2.24 bits per heavy atom. The highest BCUT2D eigenvalue weighted by Gasteiger charge is 2.27. The zero-order valence-electron chi connectivity index (χ0n) is 15.1. The monoisotopic (exact) mass is 371 g/mol. The van der Waals surface area contributed by atoms with Crippen molar-refractivity contribution in [2.45, 2.75) is 19.5 Å². The first kappa shape index (κ1) is 20.9. The van der Waals surface area contributed by atoms with Gasteiger partial charge in [0.05, 0.1) is 19.9 Å². The SMILES string of the molecule is CNC(=O)[C@@H](C)N(Cc1ccc(OC)cc1)C(=O)CN(C)S(C)(=O)=O. The van der Waals surface area contributed by atoms with Crippen LogP contribution in [0.15, 0.2) is 24.3 Å². The minimum atomic E-state index is -3.50. The minimum Gasteiger partial charge on any atom is -0.497 e. The molecule has 0 aliphatic carbocycles. The van der Waals surface area contributed by atoms with Gasteiger partial charge >= 0.3 is 0 Å². The third kappa shape index (κ3) is 6.02. The Labute approximate surface area is 148 Å². The predicted molar refractivity (Wildman–Crippen MR) is 94.5 cm³/mol. The topological polar surface area (TPSA) is 96.0 Å². The molecule has 140 valence electrons. The number of sulfonamides is 1. The summed E-state index contributed by atoms with van der Waals surface area (Å²) in [6.45, 7) is 1.44. The Hall–Kier alpha value is -2.13. The van der Waals surface area contributed by atoms with E-state index in [1.807, 2.05) is 0 Å². The number of methoxy groups -OCH3 is 1. The molecule has 0 aliphatic heterocycles. The molecule has 1 N–H and O–H groups in total. The van der Waals surface area contributed by atoms with Gasteiger partial charge in [0, 0.05) is 20.6 Å². The largest absolute Gasteiger partial charge is 0.497 e. The molecule has 0 bridgehead atoms. The summed E-state index contributed by atoms with van der Waals surface area (Å²) in [6, 6.07) is 6.34. The lowest BCUT2D eigenvalue weighted by Gasteiger charge is -2.29. The normalized spacial score (nSPS) is 12.6. The van der Waals surface area contributed by atoms with Crippen molar-refractivity contribution < 1.29 is 22.7 Å². The molecule has 1 rings (SSSR count). The number of amides is 2. The molecular formula is C16H25N3O5S. The van der Waals surface area contributed by atoms with Gasteiger partial charge in [-0.05, 0) is 24.6 Å². The first-order valence-electron chi connectivity index (χ1n) is 7.65. The third-order valence-corrected chi connectivity index (χ3v) is 5.11. The quantitative estimate of drug-likeness (QED) is 0.697. The van der Waals surface area contributed by atoms with E-state index in [0.717, 1.165) is 16.1 Å². The standard InChI is InChI=1S/C16H25N3O5S/c1-12(16(21)17-2)19(15(20)11-18(3)25(5,22)23)10-13-6-8-14(24-4)9-7-13/h6-9,12H,10-11H2,1-5H3,(H,17,21)/t12-/m1/s1. The van der Waals surface area contributed by atoms with E-state index in [1.54, 1.807) is 38.3 Å². The Morgan fingerprint density at radius 2 is 1.80 bits per heavy atom. The van der Waals surface area contributed by atoms with Crippen molar-refractivity contribution in [1.82, 2.24) is 14.5 Å². The smallest absolute Gasteiger partial charge is 0.242 e. The van der Waals surface area contributed by atoms with Crippen molar-refractivity contribution in [3.05, 3.63) is 29.8 Å². The Kier molecular flexibility index (Phi) is 7.38. The highest BCUT2D eigenvalue weighted by molar-refractivity contribution is 7.88. The number of benzene rings is 1. The van der Waals surface area contributed by atoms with Crippen LogP contribution >= 0.6 is 0 Å². The molecular weight excluding hydrogens is 346 g/mol. The molecule has 0 radical (unpaired) electrons. The van der Waals surface area contributed by atoms with Crippen molar-refractivity contribution in [1.29, 1.82) is 0 Å². The molecule has 0 heterocycles. The molecule has 0 aliphatic rings. The summed E-state index contributed by atoms with van der Waals surface area (Å²) in [6.07, 6.45) is 1.02. The number of nitrogens with zero attached hydrogens (tertiary/aromatic N) is 2. The van der Waals surface area contributed by atoms with Crippen molar-refractivity contribution in [3.63, 3.8) is 0 Å². The van der Waals surface area contributed by atoms with Gasteiger partial charge in [-0.25, -0.2) is 8.42 Å². The maximum absolute atomic E-state index is 12.6. The van der Waals surface area contributed by atoms with Crippen molar-refractivity contribution in [2.24, 2.45) is 0 Å². The maximum Gasteiger partial charge on any atom is 0.242 e. The number of carbonyl (C=O) groups is 2. The van der Waals surface area contributed by atoms with Gasteiger partial charge in [-0.3, -0.25) is 9.59 Å². The summed E-state index contributed by atoms with van der Waals surface area (Å²) in [7, 11) is 0.865. The van der Waals surface area contributed by atoms with Crippen molar-refractivity contribution >= 4 is 21.8 Å². The van der Waals surface area contributed by atoms with E-state index in [0.29, 0.717) is 5.75 Å². The molecule has 0 fully saturated rings. The molecule has 1 atom stereocenters. The molecule has 1 aromatic carbocycles. The van der Waals surface area contributed by atoms with E-state index in [4.69, 9.17) is 4.74 Å². The number of carbonyl (C=O) groups excluding carboxylic acids is 2. The first-order valence-corrected chi connectivity index (χ1v) is 9.50. The number of ether oxygens (including phenoxy) is 1. The molecule has 0 saturated heterocycles. The van der Waals surface area contributed by atoms with Gasteiger partial charge < -0.3 is 15.0 Å². The lowest BCUT2D eigenvalue weighted by atomic mass is 10.1. The van der Waals surface area contributed by atoms with Crippen molar-refractivity contribution in [2.75, 3.05) is 34.0 Å². The van der Waals surface area contributed by atoms with Gasteiger partial charge in [-0.15, -0.1) is 0 Å². The molecule has 9 heteroatoms. The Morgan fingerprint density at radius 1 is 1.24 bits per heavy atom. The summed E-state index contributed by atoms with van der Waals surface area (Å²) in [4.78, 5) is 25.9. The summed E-state index contributed by atoms with van der Waals surface area (Å²) >= 11 is 0. The van der Waals surface area contributed by atoms with Crippen LogP contribution in [-0.4, -0.2) is 69.5 Å². The second-order valence-corrected chi connectivity index (χ2v) is 7.77. The Bertz CT molecular complexity index is 703. The lowest BCUT2D eigenvalue weighted by molar-refractivity contribution is -0.140. The van der Waals surface area contributed by atoms with Crippen molar-refractivity contribution in [3.8, 4) is 5.75 Å². The van der Waals surface area contributed by atoms with Crippen LogP contribution in [0.25, 0.3) is 0 Å². The maximum atomic E-state index is 12.6. The van der Waals surface area contributed by atoms with Gasteiger partial charge in [-0.1, -0.05) is 12.1 Å². The fourth-order valence-electron chi connectivity index (χ4n) is 2.12. The van der Waals surface area contributed by atoms with E-state index < -0.39 is 22.0 Å². The number of rotatable bonds is 8. The van der Waals surface area contributed by atoms with E-state index in [1.165, 1.54) is 19.0 Å². The van der Waals surface area contributed by atoms with Crippen LogP contribution < -0.4 is 10.1 Å². The number of hydrogen-bond acceptors (Lipinski definition) is 5. The van der Waals surface area contributed by atoms with Gasteiger partial charge in [-0.2, -0.15) is 4.31 Å². The molecule has 25 heavy (non-hydrogen) atoms. The zero-order valence-corrected chi connectivity index (χ0v) is 16.0. The molecule has 0 unspecified atom stereocenters. The molecule has 0 spiro atoms. The average Bonchev–Trinajstić information content (AvgIpc) is 2.57. The third-order valence-electron chi connectivity index (χ3n) is 3.85. The Balaban J connectivity index is 3.02. The summed E-state index contributed by atoms with van der Waals surface area (Å²) in [5, 5.41) is 2.50. The molecule has 2 amide bonds. The summed E-state index contributed by atoms with van der Waals surface area (Å²) < 4.78 is 29.1. The van der Waals surface area contributed by atoms with Crippen LogP contribution in [0.3, 0.4) is 0 Å². The number of likely N-dealkylation sites (N-methyl/N-ethyl adjacent to an activating group) is 2. The van der Waals surface area contributed by atoms with E-state index >= 15 is 0 Å². The van der Waals surface area contributed by atoms with Crippen LogP contribution in [0.5, 0.6) is 5.75 Å².